The van der Waals surface area contributed by atoms with Gasteiger partial charge in [0.1, 0.15) is 6.29 Å². The largest absolute Gasteiger partial charge is 0.298 e. The van der Waals surface area contributed by atoms with Gasteiger partial charge in [0.2, 0.25) is 0 Å². The van der Waals surface area contributed by atoms with E-state index in [0.717, 1.165) is 15.4 Å². The fraction of sp³-hybridized carbons (Fsp3) is 0. The van der Waals surface area contributed by atoms with Gasteiger partial charge in [-0.25, -0.2) is 0 Å². The molecule has 1 nitrogen and oxygen atoms in total. The summed E-state index contributed by atoms with van der Waals surface area (Å²) < 4.78 is 1.11. The summed E-state index contributed by atoms with van der Waals surface area (Å²) in [5.74, 6) is 0. The van der Waals surface area contributed by atoms with Crippen LogP contribution in [0.2, 0.25) is 0 Å². The second-order valence-electron chi connectivity index (χ2n) is 3.22. The molecule has 0 aliphatic heterocycles. The quantitative estimate of drug-likeness (QED) is 0.614. The van der Waals surface area contributed by atoms with E-state index in [-0.39, 0.29) is 0 Å². The normalized spacial score (nSPS) is 10.1. The fourth-order valence-corrected chi connectivity index (χ4v) is 3.00. The van der Waals surface area contributed by atoms with Crippen molar-refractivity contribution in [3.8, 4) is 0 Å². The first-order valence-corrected chi connectivity index (χ1v) is 6.67. The Morgan fingerprint density at radius 3 is 2.44 bits per heavy atom. The number of hydrogen-bond donors (Lipinski definition) is 0. The summed E-state index contributed by atoms with van der Waals surface area (Å²) >= 11 is 3.97. The Morgan fingerprint density at radius 2 is 1.81 bits per heavy atom. The molecule has 0 aromatic heterocycles. The molecule has 3 heteroatoms. The van der Waals surface area contributed by atoms with Crippen LogP contribution in [0.25, 0.3) is 0 Å². The van der Waals surface area contributed by atoms with Crippen LogP contribution in [0.1, 0.15) is 10.4 Å². The number of benzene rings is 2. The first kappa shape index (κ1) is 11.7. The molecule has 2 rings (SSSR count). The van der Waals surface area contributed by atoms with Crippen molar-refractivity contribution in [2.45, 2.75) is 9.79 Å². The highest BCUT2D eigenvalue weighted by Crippen LogP contribution is 2.31. The summed E-state index contributed by atoms with van der Waals surface area (Å²) in [6, 6.07) is 15.9. The van der Waals surface area contributed by atoms with Crippen molar-refractivity contribution < 1.29 is 4.79 Å². The minimum Gasteiger partial charge on any atom is -0.298 e. The lowest BCUT2D eigenvalue weighted by Gasteiger charge is -2.04. The molecule has 0 saturated heterocycles. The van der Waals surface area contributed by atoms with Crippen molar-refractivity contribution in [3.05, 3.63) is 57.7 Å². The minimum atomic E-state index is 0.724. The van der Waals surface area contributed by atoms with Gasteiger partial charge in [0.25, 0.3) is 0 Å². The monoisotopic (exact) mass is 340 g/mol. The third-order valence-electron chi connectivity index (χ3n) is 2.06. The Hall–Kier alpha value is -0.810. The van der Waals surface area contributed by atoms with E-state index in [1.54, 1.807) is 11.8 Å². The van der Waals surface area contributed by atoms with E-state index in [1.165, 1.54) is 9.79 Å². The third kappa shape index (κ3) is 2.86. The van der Waals surface area contributed by atoms with Crippen LogP contribution in [0, 0.1) is 3.57 Å². The lowest BCUT2D eigenvalue weighted by atomic mass is 10.2. The number of aldehydes is 1. The van der Waals surface area contributed by atoms with E-state index in [4.69, 9.17) is 0 Å². The van der Waals surface area contributed by atoms with Crippen molar-refractivity contribution in [3.63, 3.8) is 0 Å². The molecule has 0 heterocycles. The first-order chi connectivity index (χ1) is 7.79. The van der Waals surface area contributed by atoms with Crippen LogP contribution in [-0.2, 0) is 0 Å². The summed E-state index contributed by atoms with van der Waals surface area (Å²) in [5.41, 5.74) is 0.724. The molecule has 0 N–H and O–H groups in total. The molecular weight excluding hydrogens is 331 g/mol. The van der Waals surface area contributed by atoms with E-state index in [0.29, 0.717) is 0 Å². The molecule has 0 unspecified atom stereocenters. The Kier molecular flexibility index (Phi) is 4.01. The predicted molar refractivity (Wildman–Crippen MR) is 75.1 cm³/mol. The van der Waals surface area contributed by atoms with E-state index < -0.39 is 0 Å². The summed E-state index contributed by atoms with van der Waals surface area (Å²) in [5, 5.41) is 0. The molecule has 0 aliphatic carbocycles. The van der Waals surface area contributed by atoms with Gasteiger partial charge in [0.15, 0.2) is 0 Å². The van der Waals surface area contributed by atoms with Gasteiger partial charge in [0, 0.05) is 18.9 Å². The highest BCUT2D eigenvalue weighted by atomic mass is 127. The SMILES string of the molecule is O=Cc1ccc(Sc2ccccc2)c(I)c1. The number of hydrogen-bond acceptors (Lipinski definition) is 2. The van der Waals surface area contributed by atoms with Gasteiger partial charge >= 0.3 is 0 Å². The maximum atomic E-state index is 10.6. The average molecular weight is 340 g/mol. The zero-order valence-electron chi connectivity index (χ0n) is 8.39. The molecule has 0 aliphatic rings. The summed E-state index contributed by atoms with van der Waals surface area (Å²) in [6.45, 7) is 0. The van der Waals surface area contributed by atoms with Gasteiger partial charge in [-0.2, -0.15) is 0 Å². The first-order valence-electron chi connectivity index (χ1n) is 4.77. The Labute approximate surface area is 112 Å². The van der Waals surface area contributed by atoms with Gasteiger partial charge in [-0.3, -0.25) is 4.79 Å². The zero-order chi connectivity index (χ0) is 11.4. The van der Waals surface area contributed by atoms with Crippen LogP contribution in [0.3, 0.4) is 0 Å². The number of rotatable bonds is 3. The van der Waals surface area contributed by atoms with Crippen LogP contribution in [-0.4, -0.2) is 6.29 Å². The van der Waals surface area contributed by atoms with Crippen LogP contribution in [0.15, 0.2) is 58.3 Å². The predicted octanol–water partition coefficient (Wildman–Crippen LogP) is 4.25. The van der Waals surface area contributed by atoms with E-state index in [9.17, 15) is 4.79 Å². The van der Waals surface area contributed by atoms with Gasteiger partial charge in [-0.1, -0.05) is 36.0 Å². The summed E-state index contributed by atoms with van der Waals surface area (Å²) in [7, 11) is 0. The van der Waals surface area contributed by atoms with Gasteiger partial charge < -0.3 is 0 Å². The standard InChI is InChI=1S/C13H9IOS/c14-12-8-10(9-15)6-7-13(12)16-11-4-2-1-3-5-11/h1-9H. The van der Waals surface area contributed by atoms with E-state index >= 15 is 0 Å². The number of halogens is 1. The molecule has 16 heavy (non-hydrogen) atoms. The number of carbonyl (C=O) groups is 1. The average Bonchev–Trinajstić information content (AvgIpc) is 2.33. The van der Waals surface area contributed by atoms with E-state index in [1.807, 2.05) is 36.4 Å². The van der Waals surface area contributed by atoms with Gasteiger partial charge in [-0.05, 0) is 46.9 Å². The van der Waals surface area contributed by atoms with Crippen molar-refractivity contribution >= 4 is 40.6 Å². The molecule has 0 bridgehead atoms. The van der Waals surface area contributed by atoms with Crippen molar-refractivity contribution in [2.24, 2.45) is 0 Å². The lowest BCUT2D eigenvalue weighted by molar-refractivity contribution is 0.112. The molecular formula is C13H9IOS. The maximum Gasteiger partial charge on any atom is 0.150 e. The minimum absolute atomic E-state index is 0.724. The van der Waals surface area contributed by atoms with Crippen molar-refractivity contribution in [2.75, 3.05) is 0 Å². The Balaban J connectivity index is 2.25. The summed E-state index contributed by atoms with van der Waals surface area (Å²) in [6.07, 6.45) is 0.874. The Bertz CT molecular complexity index is 497. The molecule has 2 aromatic carbocycles. The van der Waals surface area contributed by atoms with Gasteiger partial charge in [-0.15, -0.1) is 0 Å². The molecule has 0 saturated carbocycles. The van der Waals surface area contributed by atoms with E-state index in [2.05, 4.69) is 34.7 Å². The summed E-state index contributed by atoms with van der Waals surface area (Å²) in [4.78, 5) is 13.0. The van der Waals surface area contributed by atoms with Crippen molar-refractivity contribution in [1.82, 2.24) is 0 Å². The van der Waals surface area contributed by atoms with Crippen LogP contribution < -0.4 is 0 Å². The molecule has 0 amide bonds. The van der Waals surface area contributed by atoms with Crippen LogP contribution in [0.4, 0.5) is 0 Å². The molecule has 2 aromatic rings. The topological polar surface area (TPSA) is 17.1 Å². The zero-order valence-corrected chi connectivity index (χ0v) is 11.4. The number of carbonyl (C=O) groups excluding carboxylic acids is 1. The molecule has 0 radical (unpaired) electrons. The second-order valence-corrected chi connectivity index (χ2v) is 5.50. The van der Waals surface area contributed by atoms with Gasteiger partial charge in [0.05, 0.1) is 0 Å². The fourth-order valence-electron chi connectivity index (χ4n) is 1.29. The molecule has 0 spiro atoms. The lowest BCUT2D eigenvalue weighted by Crippen LogP contribution is -1.84. The highest BCUT2D eigenvalue weighted by Gasteiger charge is 2.02. The maximum absolute atomic E-state index is 10.6. The molecule has 0 atom stereocenters. The van der Waals surface area contributed by atoms with Crippen LogP contribution >= 0.6 is 34.4 Å². The third-order valence-corrected chi connectivity index (χ3v) is 4.41. The smallest absolute Gasteiger partial charge is 0.150 e. The van der Waals surface area contributed by atoms with Crippen molar-refractivity contribution in [1.29, 1.82) is 0 Å². The molecule has 80 valence electrons. The van der Waals surface area contributed by atoms with Crippen LogP contribution in [0.5, 0.6) is 0 Å². The highest BCUT2D eigenvalue weighted by molar-refractivity contribution is 14.1. The molecule has 0 fully saturated rings. The Morgan fingerprint density at radius 1 is 1.06 bits per heavy atom. The second kappa shape index (κ2) is 5.50.